The number of aliphatic hydroxyl groups excluding tert-OH is 1. The number of amides is 4. The minimum Gasteiger partial charge on any atom is -0.480 e. The third kappa shape index (κ3) is 9.22. The number of carboxylic acid groups (broad SMARTS) is 1. The fourth-order valence-corrected chi connectivity index (χ4v) is 1.72. The van der Waals surface area contributed by atoms with Gasteiger partial charge in [-0.05, 0) is 12.8 Å². The fraction of sp³-hybridized carbons (Fsp3) is 0.615. The quantitative estimate of drug-likeness (QED) is 0.180. The Labute approximate surface area is 143 Å². The normalized spacial score (nSPS) is 14.0. The molecule has 0 spiro atoms. The number of aliphatic hydroxyl groups is 1. The van der Waals surface area contributed by atoms with Crippen LogP contribution in [0.3, 0.4) is 0 Å². The van der Waals surface area contributed by atoms with Crippen LogP contribution >= 0.6 is 0 Å². The first-order chi connectivity index (χ1) is 11.6. The van der Waals surface area contributed by atoms with Gasteiger partial charge in [-0.2, -0.15) is 0 Å². The van der Waals surface area contributed by atoms with Crippen LogP contribution in [0.15, 0.2) is 0 Å². The maximum atomic E-state index is 12.1. The third-order valence-corrected chi connectivity index (χ3v) is 3.15. The van der Waals surface area contributed by atoms with Crippen LogP contribution in [0.4, 0.5) is 0 Å². The second-order valence-electron chi connectivity index (χ2n) is 5.26. The van der Waals surface area contributed by atoms with E-state index in [9.17, 15) is 24.0 Å². The minimum absolute atomic E-state index is 0.0558. The topological polar surface area (TPSA) is 228 Å². The Morgan fingerprint density at radius 2 is 1.32 bits per heavy atom. The van der Waals surface area contributed by atoms with E-state index in [0.29, 0.717) is 0 Å². The van der Waals surface area contributed by atoms with E-state index in [1.807, 2.05) is 5.32 Å². The second-order valence-corrected chi connectivity index (χ2v) is 5.26. The van der Waals surface area contributed by atoms with E-state index in [1.165, 1.54) is 0 Å². The Hall–Kier alpha value is -2.73. The molecule has 142 valence electrons. The molecule has 0 heterocycles. The average molecular weight is 361 g/mol. The molecule has 0 aromatic carbocycles. The molecule has 0 aliphatic carbocycles. The summed E-state index contributed by atoms with van der Waals surface area (Å²) in [5.41, 5.74) is 15.5. The second kappa shape index (κ2) is 10.9. The van der Waals surface area contributed by atoms with E-state index in [-0.39, 0.29) is 25.7 Å². The number of carbonyl (C=O) groups is 5. The van der Waals surface area contributed by atoms with E-state index in [2.05, 4.69) is 5.32 Å². The van der Waals surface area contributed by atoms with E-state index >= 15 is 0 Å². The molecule has 25 heavy (non-hydrogen) atoms. The first-order valence-corrected chi connectivity index (χ1v) is 7.35. The molecule has 0 saturated heterocycles. The van der Waals surface area contributed by atoms with Gasteiger partial charge in [0.2, 0.25) is 23.6 Å². The van der Waals surface area contributed by atoms with Crippen molar-refractivity contribution in [3.8, 4) is 0 Å². The first-order valence-electron chi connectivity index (χ1n) is 7.35. The van der Waals surface area contributed by atoms with Gasteiger partial charge in [0, 0.05) is 12.8 Å². The van der Waals surface area contributed by atoms with Gasteiger partial charge in [0.1, 0.15) is 12.1 Å². The van der Waals surface area contributed by atoms with Gasteiger partial charge in [0.05, 0.1) is 12.6 Å². The molecule has 0 aliphatic rings. The van der Waals surface area contributed by atoms with Gasteiger partial charge in [-0.15, -0.1) is 0 Å². The molecule has 0 saturated carbocycles. The van der Waals surface area contributed by atoms with Gasteiger partial charge in [-0.1, -0.05) is 0 Å². The van der Waals surface area contributed by atoms with Crippen molar-refractivity contribution in [2.45, 2.75) is 43.8 Å². The van der Waals surface area contributed by atoms with Gasteiger partial charge >= 0.3 is 5.97 Å². The van der Waals surface area contributed by atoms with Crippen molar-refractivity contribution in [2.24, 2.45) is 17.2 Å². The molecular formula is C13H23N5O7. The van der Waals surface area contributed by atoms with Crippen LogP contribution in [0.2, 0.25) is 0 Å². The van der Waals surface area contributed by atoms with E-state index < -0.39 is 54.3 Å². The van der Waals surface area contributed by atoms with Crippen molar-refractivity contribution in [1.29, 1.82) is 0 Å². The van der Waals surface area contributed by atoms with Gasteiger partial charge in [0.25, 0.3) is 0 Å². The molecule has 0 aromatic heterocycles. The summed E-state index contributed by atoms with van der Waals surface area (Å²) in [5, 5.41) is 22.0. The highest BCUT2D eigenvalue weighted by atomic mass is 16.4. The number of nitrogens with two attached hydrogens (primary N) is 3. The highest BCUT2D eigenvalue weighted by Crippen LogP contribution is 2.01. The number of hydrogen-bond donors (Lipinski definition) is 7. The van der Waals surface area contributed by atoms with E-state index in [0.717, 1.165) is 0 Å². The molecular weight excluding hydrogens is 338 g/mol. The van der Waals surface area contributed by atoms with Crippen molar-refractivity contribution in [1.82, 2.24) is 10.6 Å². The van der Waals surface area contributed by atoms with Crippen LogP contribution in [0, 0.1) is 0 Å². The number of primary amides is 2. The minimum atomic E-state index is -1.58. The van der Waals surface area contributed by atoms with E-state index in [1.54, 1.807) is 0 Å². The summed E-state index contributed by atoms with van der Waals surface area (Å²) >= 11 is 0. The monoisotopic (exact) mass is 361 g/mol. The van der Waals surface area contributed by atoms with Crippen molar-refractivity contribution >= 4 is 29.6 Å². The highest BCUT2D eigenvalue weighted by molar-refractivity contribution is 5.92. The summed E-state index contributed by atoms with van der Waals surface area (Å²) < 4.78 is 0. The van der Waals surface area contributed by atoms with Crippen LogP contribution in [-0.2, 0) is 24.0 Å². The lowest BCUT2D eigenvalue weighted by Gasteiger charge is -2.22. The number of carboxylic acids is 1. The Kier molecular flexibility index (Phi) is 9.74. The molecule has 3 atom stereocenters. The largest absolute Gasteiger partial charge is 0.480 e. The van der Waals surface area contributed by atoms with Gasteiger partial charge in [0.15, 0.2) is 0 Å². The molecule has 3 unspecified atom stereocenters. The summed E-state index contributed by atoms with van der Waals surface area (Å²) in [6, 6.07) is -4.01. The lowest BCUT2D eigenvalue weighted by molar-refractivity contribution is -0.143. The molecule has 0 rings (SSSR count). The summed E-state index contributed by atoms with van der Waals surface area (Å²) in [6.45, 7) is -0.865. The average Bonchev–Trinajstić information content (AvgIpc) is 2.52. The maximum absolute atomic E-state index is 12.1. The van der Waals surface area contributed by atoms with Crippen molar-refractivity contribution < 1.29 is 34.2 Å². The molecule has 4 amide bonds. The molecule has 12 nitrogen and oxygen atoms in total. The van der Waals surface area contributed by atoms with Crippen LogP contribution in [-0.4, -0.2) is 64.5 Å². The van der Waals surface area contributed by atoms with Crippen molar-refractivity contribution in [3.05, 3.63) is 0 Å². The van der Waals surface area contributed by atoms with Gasteiger partial charge in [-0.3, -0.25) is 19.2 Å². The smallest absolute Gasteiger partial charge is 0.328 e. The zero-order valence-corrected chi connectivity index (χ0v) is 13.4. The van der Waals surface area contributed by atoms with Crippen molar-refractivity contribution in [3.63, 3.8) is 0 Å². The lowest BCUT2D eigenvalue weighted by Crippen LogP contribution is -2.55. The lowest BCUT2D eigenvalue weighted by atomic mass is 10.1. The van der Waals surface area contributed by atoms with Crippen LogP contribution < -0.4 is 27.8 Å². The Morgan fingerprint density at radius 1 is 0.840 bits per heavy atom. The molecule has 0 aliphatic heterocycles. The molecule has 10 N–H and O–H groups in total. The standard InChI is InChI=1S/C13H23N5O7/c14-6(1-3-9(15)20)11(22)17-7(2-4-10(16)21)12(23)18-8(5-19)13(24)25/h6-8,19H,1-5,14H2,(H2,15,20)(H2,16,21)(H,17,22)(H,18,23)(H,24,25). The number of hydrogen-bond acceptors (Lipinski definition) is 7. The molecule has 0 bridgehead atoms. The Morgan fingerprint density at radius 3 is 1.76 bits per heavy atom. The van der Waals surface area contributed by atoms with Crippen LogP contribution in [0.25, 0.3) is 0 Å². The summed E-state index contributed by atoms with van der Waals surface area (Å²) in [4.78, 5) is 56.4. The maximum Gasteiger partial charge on any atom is 0.328 e. The number of nitrogens with one attached hydrogen (secondary N) is 2. The predicted octanol–water partition coefficient (Wildman–Crippen LogP) is -4.11. The van der Waals surface area contributed by atoms with Crippen LogP contribution in [0.1, 0.15) is 25.7 Å². The Bertz CT molecular complexity index is 525. The number of aliphatic carboxylic acids is 1. The predicted molar refractivity (Wildman–Crippen MR) is 83.4 cm³/mol. The molecule has 0 fully saturated rings. The number of carbonyl (C=O) groups excluding carboxylic acids is 4. The van der Waals surface area contributed by atoms with Crippen LogP contribution in [0.5, 0.6) is 0 Å². The fourth-order valence-electron chi connectivity index (χ4n) is 1.72. The summed E-state index contributed by atoms with van der Waals surface area (Å²) in [6.07, 6.45) is -0.656. The van der Waals surface area contributed by atoms with Gasteiger partial charge < -0.3 is 38.0 Å². The van der Waals surface area contributed by atoms with Gasteiger partial charge in [-0.25, -0.2) is 4.79 Å². The molecule has 0 radical (unpaired) electrons. The summed E-state index contributed by atoms with van der Waals surface area (Å²) in [5.74, 6) is -4.59. The van der Waals surface area contributed by atoms with Crippen molar-refractivity contribution in [2.75, 3.05) is 6.61 Å². The third-order valence-electron chi connectivity index (χ3n) is 3.15. The zero-order chi connectivity index (χ0) is 19.6. The van der Waals surface area contributed by atoms with E-state index in [4.69, 9.17) is 27.4 Å². The molecule has 0 aromatic rings. The Balaban J connectivity index is 4.93. The number of rotatable bonds is 12. The summed E-state index contributed by atoms with van der Waals surface area (Å²) in [7, 11) is 0. The highest BCUT2D eigenvalue weighted by Gasteiger charge is 2.27. The SMILES string of the molecule is NC(=O)CCC(N)C(=O)NC(CCC(N)=O)C(=O)NC(CO)C(=O)O. The molecule has 12 heteroatoms. The first kappa shape index (κ1) is 22.3. The zero-order valence-electron chi connectivity index (χ0n) is 13.4.